The number of nitrogens with one attached hydrogen (secondary N) is 2. The normalized spacial score (nSPS) is 20.6. The molecule has 6 nitrogen and oxygen atoms in total. The summed E-state index contributed by atoms with van der Waals surface area (Å²) in [4.78, 5) is 24.2. The van der Waals surface area contributed by atoms with Gasteiger partial charge in [-0.2, -0.15) is 4.98 Å². The van der Waals surface area contributed by atoms with Crippen molar-refractivity contribution in [3.8, 4) is 0 Å². The molecule has 1 amide bonds. The number of aromatic nitrogens is 2. The van der Waals surface area contributed by atoms with Gasteiger partial charge >= 0.3 is 0 Å². The topological polar surface area (TPSA) is 70.2 Å². The summed E-state index contributed by atoms with van der Waals surface area (Å²) in [5.74, 6) is 2.40. The number of aryl methyl sites for hydroxylation is 1. The Labute approximate surface area is 198 Å². The molecule has 1 saturated carbocycles. The maximum Gasteiger partial charge on any atom is 0.251 e. The first-order valence-electron chi connectivity index (χ1n) is 11.4. The van der Waals surface area contributed by atoms with Gasteiger partial charge in [-0.15, -0.1) is 0 Å². The molecule has 2 aliphatic carbocycles. The molecule has 0 bridgehead atoms. The number of carbonyl (C=O) groups excluding carboxylic acids is 1. The van der Waals surface area contributed by atoms with Gasteiger partial charge in [0, 0.05) is 41.4 Å². The standard InChI is InChI=1S/C24H32IN5O/c1-30(2)22-20-5-3-4-6-21(20)28-24(29-22)27-19-13-7-16(8-14-19)15-26-23(31)17-9-11-18(25)12-10-17/h9-12,16,19H,3-8,13-15H2,1-2H3,(H,26,31)(H,27,28,29). The van der Waals surface area contributed by atoms with E-state index >= 15 is 0 Å². The lowest BCUT2D eigenvalue weighted by Crippen LogP contribution is -2.34. The maximum atomic E-state index is 12.4. The second-order valence-electron chi connectivity index (χ2n) is 8.98. The van der Waals surface area contributed by atoms with E-state index in [1.807, 2.05) is 24.3 Å². The quantitative estimate of drug-likeness (QED) is 0.538. The number of hydrogen-bond donors (Lipinski definition) is 2. The number of nitrogens with zero attached hydrogens (tertiary/aromatic N) is 3. The highest BCUT2D eigenvalue weighted by Crippen LogP contribution is 2.30. The van der Waals surface area contributed by atoms with E-state index in [-0.39, 0.29) is 5.91 Å². The largest absolute Gasteiger partial charge is 0.362 e. The van der Waals surface area contributed by atoms with Crippen LogP contribution in [0.5, 0.6) is 0 Å². The average molecular weight is 533 g/mol. The van der Waals surface area contributed by atoms with Crippen molar-refractivity contribution in [3.63, 3.8) is 0 Å². The van der Waals surface area contributed by atoms with Crippen molar-refractivity contribution < 1.29 is 4.79 Å². The van der Waals surface area contributed by atoms with Gasteiger partial charge in [-0.3, -0.25) is 4.79 Å². The SMILES string of the molecule is CN(C)c1nc(NC2CCC(CNC(=O)c3ccc(I)cc3)CC2)nc2c1CCCC2. The Kier molecular flexibility index (Phi) is 7.30. The molecule has 0 saturated heterocycles. The van der Waals surface area contributed by atoms with Crippen LogP contribution in [-0.2, 0) is 12.8 Å². The molecular formula is C24H32IN5O. The molecule has 0 atom stereocenters. The second-order valence-corrected chi connectivity index (χ2v) is 10.2. The Balaban J connectivity index is 1.29. The van der Waals surface area contributed by atoms with Crippen LogP contribution in [0.4, 0.5) is 11.8 Å². The van der Waals surface area contributed by atoms with Crippen molar-refractivity contribution >= 4 is 40.3 Å². The van der Waals surface area contributed by atoms with E-state index < -0.39 is 0 Å². The van der Waals surface area contributed by atoms with E-state index in [4.69, 9.17) is 9.97 Å². The van der Waals surface area contributed by atoms with Gasteiger partial charge in [-0.05, 0) is 104 Å². The highest BCUT2D eigenvalue weighted by atomic mass is 127. The lowest BCUT2D eigenvalue weighted by atomic mass is 9.86. The minimum Gasteiger partial charge on any atom is -0.362 e. The summed E-state index contributed by atoms with van der Waals surface area (Å²) in [6.45, 7) is 0.748. The molecule has 1 heterocycles. The number of carbonyl (C=O) groups is 1. The molecule has 4 rings (SSSR count). The molecule has 166 valence electrons. The van der Waals surface area contributed by atoms with Gasteiger partial charge in [0.1, 0.15) is 5.82 Å². The van der Waals surface area contributed by atoms with Gasteiger partial charge in [0.15, 0.2) is 0 Å². The molecule has 1 aromatic heterocycles. The van der Waals surface area contributed by atoms with Crippen LogP contribution in [0, 0.1) is 9.49 Å². The van der Waals surface area contributed by atoms with Crippen molar-refractivity contribution in [2.45, 2.75) is 57.4 Å². The Morgan fingerprint density at radius 3 is 2.48 bits per heavy atom. The summed E-state index contributed by atoms with van der Waals surface area (Å²) in [5, 5.41) is 6.72. The van der Waals surface area contributed by atoms with E-state index in [9.17, 15) is 4.79 Å². The number of anilines is 2. The highest BCUT2D eigenvalue weighted by molar-refractivity contribution is 14.1. The Bertz CT molecular complexity index is 907. The molecule has 2 aliphatic rings. The summed E-state index contributed by atoms with van der Waals surface area (Å²) >= 11 is 2.25. The predicted molar refractivity (Wildman–Crippen MR) is 134 cm³/mol. The van der Waals surface area contributed by atoms with E-state index in [1.54, 1.807) is 0 Å². The lowest BCUT2D eigenvalue weighted by molar-refractivity contribution is 0.0943. The second kappa shape index (κ2) is 10.1. The fourth-order valence-corrected chi connectivity index (χ4v) is 5.00. The van der Waals surface area contributed by atoms with Crippen molar-refractivity contribution in [2.75, 3.05) is 30.9 Å². The number of hydrogen-bond acceptors (Lipinski definition) is 5. The Hall–Kier alpha value is -1.90. The summed E-state index contributed by atoms with van der Waals surface area (Å²) in [6, 6.07) is 8.12. The van der Waals surface area contributed by atoms with Gasteiger partial charge in [-0.1, -0.05) is 0 Å². The molecule has 1 fully saturated rings. The molecule has 7 heteroatoms. The van der Waals surface area contributed by atoms with Crippen molar-refractivity contribution in [1.82, 2.24) is 15.3 Å². The predicted octanol–water partition coefficient (Wildman–Crippen LogP) is 4.43. The monoisotopic (exact) mass is 533 g/mol. The highest BCUT2D eigenvalue weighted by Gasteiger charge is 2.24. The van der Waals surface area contributed by atoms with Crippen molar-refractivity contribution in [2.24, 2.45) is 5.92 Å². The zero-order valence-corrected chi connectivity index (χ0v) is 20.6. The van der Waals surface area contributed by atoms with Crippen LogP contribution in [0.1, 0.15) is 60.1 Å². The molecule has 0 radical (unpaired) electrons. The van der Waals surface area contributed by atoms with E-state index in [0.717, 1.165) is 66.0 Å². The fraction of sp³-hybridized carbons (Fsp3) is 0.542. The Morgan fingerprint density at radius 2 is 1.77 bits per heavy atom. The molecule has 31 heavy (non-hydrogen) atoms. The smallest absolute Gasteiger partial charge is 0.251 e. The maximum absolute atomic E-state index is 12.4. The molecule has 0 aliphatic heterocycles. The fourth-order valence-electron chi connectivity index (χ4n) is 4.64. The van der Waals surface area contributed by atoms with Gasteiger partial charge < -0.3 is 15.5 Å². The molecule has 0 unspecified atom stereocenters. The minimum atomic E-state index is 0.0234. The summed E-state index contributed by atoms with van der Waals surface area (Å²) in [7, 11) is 4.13. The summed E-state index contributed by atoms with van der Waals surface area (Å²) < 4.78 is 1.14. The lowest BCUT2D eigenvalue weighted by Gasteiger charge is -2.30. The van der Waals surface area contributed by atoms with Crippen molar-refractivity contribution in [1.29, 1.82) is 0 Å². The Morgan fingerprint density at radius 1 is 1.06 bits per heavy atom. The number of benzene rings is 1. The first-order valence-corrected chi connectivity index (χ1v) is 12.4. The van der Waals surface area contributed by atoms with Crippen LogP contribution in [0.25, 0.3) is 0 Å². The number of fused-ring (bicyclic) bond motifs is 1. The number of rotatable bonds is 6. The third kappa shape index (κ3) is 5.67. The first-order chi connectivity index (χ1) is 15.0. The van der Waals surface area contributed by atoms with Crippen LogP contribution in [0.15, 0.2) is 24.3 Å². The van der Waals surface area contributed by atoms with Crippen LogP contribution < -0.4 is 15.5 Å². The van der Waals surface area contributed by atoms with Crippen molar-refractivity contribution in [3.05, 3.63) is 44.7 Å². The minimum absolute atomic E-state index is 0.0234. The third-order valence-corrected chi connectivity index (χ3v) is 7.14. The first kappa shape index (κ1) is 22.3. The van der Waals surface area contributed by atoms with Crippen LogP contribution in [-0.4, -0.2) is 42.6 Å². The molecule has 1 aromatic carbocycles. The zero-order chi connectivity index (χ0) is 21.8. The van der Waals surface area contributed by atoms with Gasteiger partial charge in [0.25, 0.3) is 5.91 Å². The van der Waals surface area contributed by atoms with Crippen LogP contribution in [0.2, 0.25) is 0 Å². The zero-order valence-electron chi connectivity index (χ0n) is 18.5. The van der Waals surface area contributed by atoms with Crippen LogP contribution >= 0.6 is 22.6 Å². The summed E-state index contributed by atoms with van der Waals surface area (Å²) in [6.07, 6.45) is 8.97. The molecule has 0 spiro atoms. The molecule has 2 aromatic rings. The number of halogens is 1. The summed E-state index contributed by atoms with van der Waals surface area (Å²) in [5.41, 5.74) is 3.28. The molecular weight excluding hydrogens is 501 g/mol. The van der Waals surface area contributed by atoms with Gasteiger partial charge in [0.05, 0.1) is 5.69 Å². The van der Waals surface area contributed by atoms with Gasteiger partial charge in [0.2, 0.25) is 5.95 Å². The van der Waals surface area contributed by atoms with Crippen LogP contribution in [0.3, 0.4) is 0 Å². The van der Waals surface area contributed by atoms with E-state index in [0.29, 0.717) is 12.0 Å². The number of amides is 1. The van der Waals surface area contributed by atoms with E-state index in [2.05, 4.69) is 52.2 Å². The van der Waals surface area contributed by atoms with E-state index in [1.165, 1.54) is 24.1 Å². The molecule has 2 N–H and O–H groups in total. The third-order valence-electron chi connectivity index (χ3n) is 6.42. The average Bonchev–Trinajstić information content (AvgIpc) is 2.78. The van der Waals surface area contributed by atoms with Gasteiger partial charge in [-0.25, -0.2) is 4.98 Å².